The number of carbonyl (C=O) groups excluding carboxylic acids is 1. The smallest absolute Gasteiger partial charge is 0.236 e. The molecule has 3 aromatic heterocycles. The van der Waals surface area contributed by atoms with E-state index in [1.165, 1.54) is 23.1 Å². The summed E-state index contributed by atoms with van der Waals surface area (Å²) in [6, 6.07) is 9.72. The standard InChI is InChI=1S/C20H18N6O2S2/c1-2-9-26-17(15-10-13-5-3-4-6-14(13)28-15)22-25-20(26)29-11-16(27)21-19-24-23-18(30-19)12-7-8-12/h2-6,10,12H,1,7-9,11H2,(H,21,24,27). The number of rotatable bonds is 8. The zero-order chi connectivity index (χ0) is 20.5. The summed E-state index contributed by atoms with van der Waals surface area (Å²) in [4.78, 5) is 12.4. The van der Waals surface area contributed by atoms with Gasteiger partial charge in [0.2, 0.25) is 16.9 Å². The van der Waals surface area contributed by atoms with Crippen LogP contribution in [0.2, 0.25) is 0 Å². The van der Waals surface area contributed by atoms with E-state index in [1.807, 2.05) is 34.9 Å². The Bertz CT molecular complexity index is 1190. The number of hydrogen-bond acceptors (Lipinski definition) is 8. The van der Waals surface area contributed by atoms with Crippen molar-refractivity contribution in [2.45, 2.75) is 30.5 Å². The number of nitrogens with one attached hydrogen (secondary N) is 1. The second-order valence-corrected chi connectivity index (χ2v) is 8.86. The van der Waals surface area contributed by atoms with Crippen LogP contribution in [0.1, 0.15) is 23.8 Å². The number of anilines is 1. The molecule has 5 rings (SSSR count). The number of furan rings is 1. The zero-order valence-corrected chi connectivity index (χ0v) is 17.6. The molecule has 8 nitrogen and oxygen atoms in total. The molecule has 0 bridgehead atoms. The maximum atomic E-state index is 12.4. The van der Waals surface area contributed by atoms with Crippen molar-refractivity contribution in [1.29, 1.82) is 0 Å². The fourth-order valence-corrected chi connectivity index (χ4v) is 4.71. The highest BCUT2D eigenvalue weighted by Crippen LogP contribution is 2.42. The lowest BCUT2D eigenvalue weighted by Gasteiger charge is -2.06. The fourth-order valence-electron chi connectivity index (χ4n) is 3.03. The van der Waals surface area contributed by atoms with E-state index in [9.17, 15) is 4.79 Å². The molecule has 152 valence electrons. The Balaban J connectivity index is 1.30. The van der Waals surface area contributed by atoms with Gasteiger partial charge in [-0.1, -0.05) is 47.4 Å². The van der Waals surface area contributed by atoms with Gasteiger partial charge >= 0.3 is 0 Å². The Kier molecular flexibility index (Phi) is 5.09. The molecule has 1 N–H and O–H groups in total. The minimum atomic E-state index is -0.156. The molecule has 1 aliphatic rings. The first-order chi connectivity index (χ1) is 14.7. The van der Waals surface area contributed by atoms with Crippen LogP contribution in [0.4, 0.5) is 5.13 Å². The van der Waals surface area contributed by atoms with Crippen molar-refractivity contribution in [2.24, 2.45) is 0 Å². The number of para-hydroxylation sites is 1. The van der Waals surface area contributed by atoms with E-state index < -0.39 is 0 Å². The number of nitrogens with zero attached hydrogens (tertiary/aromatic N) is 5. The first kappa shape index (κ1) is 19.0. The molecule has 1 saturated carbocycles. The average molecular weight is 439 g/mol. The topological polar surface area (TPSA) is 98.7 Å². The Labute approximate surface area is 180 Å². The third kappa shape index (κ3) is 3.88. The summed E-state index contributed by atoms with van der Waals surface area (Å²) in [6.07, 6.45) is 4.08. The molecule has 10 heteroatoms. The van der Waals surface area contributed by atoms with Gasteiger partial charge in [-0.05, 0) is 25.0 Å². The summed E-state index contributed by atoms with van der Waals surface area (Å²) in [5.74, 6) is 1.79. The van der Waals surface area contributed by atoms with Crippen LogP contribution in [0.25, 0.3) is 22.6 Å². The van der Waals surface area contributed by atoms with Gasteiger partial charge in [0, 0.05) is 17.8 Å². The number of allylic oxidation sites excluding steroid dienone is 1. The first-order valence-corrected chi connectivity index (χ1v) is 11.3. The Morgan fingerprint density at radius 2 is 2.17 bits per heavy atom. The van der Waals surface area contributed by atoms with Gasteiger partial charge in [-0.15, -0.1) is 27.0 Å². The highest BCUT2D eigenvalue weighted by Gasteiger charge is 2.27. The molecule has 1 amide bonds. The molecule has 1 aliphatic carbocycles. The first-order valence-electron chi connectivity index (χ1n) is 9.50. The molecular weight excluding hydrogens is 420 g/mol. The number of hydrogen-bond donors (Lipinski definition) is 1. The van der Waals surface area contributed by atoms with Crippen molar-refractivity contribution >= 4 is 45.1 Å². The van der Waals surface area contributed by atoms with E-state index in [4.69, 9.17) is 4.42 Å². The third-order valence-electron chi connectivity index (χ3n) is 4.62. The predicted molar refractivity (Wildman–Crippen MR) is 117 cm³/mol. The molecular formula is C20H18N6O2S2. The summed E-state index contributed by atoms with van der Waals surface area (Å²) in [5, 5.41) is 22.7. The van der Waals surface area contributed by atoms with Crippen LogP contribution in [0.15, 0.2) is 52.6 Å². The molecule has 0 unspecified atom stereocenters. The maximum absolute atomic E-state index is 12.4. The lowest BCUT2D eigenvalue weighted by Crippen LogP contribution is -2.14. The lowest BCUT2D eigenvalue weighted by atomic mass is 10.2. The SMILES string of the molecule is C=CCn1c(SCC(=O)Nc2nnc(C3CC3)s2)nnc1-c1cc2ccccc2o1. The van der Waals surface area contributed by atoms with Crippen molar-refractivity contribution in [1.82, 2.24) is 25.0 Å². The Hall–Kier alpha value is -2.98. The van der Waals surface area contributed by atoms with Gasteiger partial charge in [0.15, 0.2) is 10.9 Å². The number of benzene rings is 1. The van der Waals surface area contributed by atoms with Gasteiger partial charge in [0.05, 0.1) is 5.75 Å². The molecule has 1 fully saturated rings. The Morgan fingerprint density at radius 3 is 2.97 bits per heavy atom. The van der Waals surface area contributed by atoms with Crippen molar-refractivity contribution in [3.63, 3.8) is 0 Å². The van der Waals surface area contributed by atoms with Crippen molar-refractivity contribution in [2.75, 3.05) is 11.1 Å². The highest BCUT2D eigenvalue weighted by atomic mass is 32.2. The van der Waals surface area contributed by atoms with E-state index >= 15 is 0 Å². The van der Waals surface area contributed by atoms with Crippen molar-refractivity contribution in [3.8, 4) is 11.6 Å². The second-order valence-electron chi connectivity index (χ2n) is 6.91. The molecule has 3 heterocycles. The molecule has 0 spiro atoms. The highest BCUT2D eigenvalue weighted by molar-refractivity contribution is 7.99. The summed E-state index contributed by atoms with van der Waals surface area (Å²) in [5.41, 5.74) is 0.789. The average Bonchev–Trinajstić information content (AvgIpc) is 3.16. The van der Waals surface area contributed by atoms with Crippen LogP contribution in [0.3, 0.4) is 0 Å². The van der Waals surface area contributed by atoms with Crippen LogP contribution < -0.4 is 5.32 Å². The molecule has 4 aromatic rings. The van der Waals surface area contributed by atoms with Gasteiger partial charge in [-0.3, -0.25) is 14.7 Å². The lowest BCUT2D eigenvalue weighted by molar-refractivity contribution is -0.113. The van der Waals surface area contributed by atoms with Gasteiger partial charge in [-0.25, -0.2) is 0 Å². The number of aromatic nitrogens is 5. The monoisotopic (exact) mass is 438 g/mol. The molecule has 0 aliphatic heterocycles. The van der Waals surface area contributed by atoms with Crippen LogP contribution in [-0.4, -0.2) is 36.6 Å². The van der Waals surface area contributed by atoms with E-state index in [0.717, 1.165) is 28.8 Å². The summed E-state index contributed by atoms with van der Waals surface area (Å²) >= 11 is 2.75. The Morgan fingerprint density at radius 1 is 1.30 bits per heavy atom. The summed E-state index contributed by atoms with van der Waals surface area (Å²) in [7, 11) is 0. The quantitative estimate of drug-likeness (QED) is 0.323. The maximum Gasteiger partial charge on any atom is 0.236 e. The summed E-state index contributed by atoms with van der Waals surface area (Å²) < 4.78 is 7.81. The number of amides is 1. The van der Waals surface area contributed by atoms with Crippen LogP contribution >= 0.6 is 23.1 Å². The molecule has 0 saturated heterocycles. The largest absolute Gasteiger partial charge is 0.453 e. The van der Waals surface area contributed by atoms with Crippen molar-refractivity contribution < 1.29 is 9.21 Å². The van der Waals surface area contributed by atoms with E-state index in [1.54, 1.807) is 6.08 Å². The number of thioether (sulfide) groups is 1. The van der Waals surface area contributed by atoms with E-state index in [0.29, 0.717) is 34.3 Å². The third-order valence-corrected chi connectivity index (χ3v) is 6.59. The minimum Gasteiger partial charge on any atom is -0.453 e. The second kappa shape index (κ2) is 8.04. The van der Waals surface area contributed by atoms with Crippen LogP contribution in [-0.2, 0) is 11.3 Å². The predicted octanol–water partition coefficient (Wildman–Crippen LogP) is 4.34. The summed E-state index contributed by atoms with van der Waals surface area (Å²) in [6.45, 7) is 4.32. The van der Waals surface area contributed by atoms with E-state index in [-0.39, 0.29) is 11.7 Å². The van der Waals surface area contributed by atoms with Gasteiger partial charge in [-0.2, -0.15) is 0 Å². The van der Waals surface area contributed by atoms with Gasteiger partial charge < -0.3 is 4.42 Å². The van der Waals surface area contributed by atoms with Gasteiger partial charge in [0.25, 0.3) is 0 Å². The molecule has 0 radical (unpaired) electrons. The zero-order valence-electron chi connectivity index (χ0n) is 15.9. The molecule has 1 aromatic carbocycles. The molecule has 0 atom stereocenters. The fraction of sp³-hybridized carbons (Fsp3) is 0.250. The van der Waals surface area contributed by atoms with Crippen molar-refractivity contribution in [3.05, 3.63) is 48.0 Å². The van der Waals surface area contributed by atoms with Crippen LogP contribution in [0.5, 0.6) is 0 Å². The minimum absolute atomic E-state index is 0.156. The normalized spacial score (nSPS) is 13.6. The van der Waals surface area contributed by atoms with Crippen LogP contribution in [0, 0.1) is 0 Å². The molecule has 30 heavy (non-hydrogen) atoms. The van der Waals surface area contributed by atoms with E-state index in [2.05, 4.69) is 32.3 Å². The number of fused-ring (bicyclic) bond motifs is 1. The number of carbonyl (C=O) groups is 1. The van der Waals surface area contributed by atoms with Gasteiger partial charge in [0.1, 0.15) is 10.6 Å².